The molecule has 0 saturated carbocycles. The van der Waals surface area contributed by atoms with E-state index >= 15 is 0 Å². The van der Waals surface area contributed by atoms with Crippen molar-refractivity contribution >= 4 is 0 Å². The summed E-state index contributed by atoms with van der Waals surface area (Å²) in [6, 6.07) is 20.3. The molecular formula is C21H28N2O. The van der Waals surface area contributed by atoms with Crippen molar-refractivity contribution in [2.75, 3.05) is 19.6 Å². The molecule has 2 aromatic carbocycles. The Morgan fingerprint density at radius 1 is 0.958 bits per heavy atom. The number of benzene rings is 2. The minimum Gasteiger partial charge on any atom is -0.380 e. The first-order valence-electron chi connectivity index (χ1n) is 9.07. The highest BCUT2D eigenvalue weighted by Crippen LogP contribution is 2.41. The van der Waals surface area contributed by atoms with Crippen LogP contribution in [0.5, 0.6) is 0 Å². The maximum atomic E-state index is 11.8. The Balaban J connectivity index is 1.85. The molecule has 0 aromatic heterocycles. The zero-order chi connectivity index (χ0) is 16.8. The van der Waals surface area contributed by atoms with E-state index in [1.165, 1.54) is 0 Å². The largest absolute Gasteiger partial charge is 0.380 e. The third-order valence-corrected chi connectivity index (χ3v) is 5.10. The fourth-order valence-corrected chi connectivity index (χ4v) is 3.75. The van der Waals surface area contributed by atoms with Gasteiger partial charge in [-0.1, -0.05) is 67.6 Å². The van der Waals surface area contributed by atoms with Gasteiger partial charge in [-0.05, 0) is 36.3 Å². The Labute approximate surface area is 145 Å². The molecule has 24 heavy (non-hydrogen) atoms. The van der Waals surface area contributed by atoms with Crippen molar-refractivity contribution < 1.29 is 5.11 Å². The highest BCUT2D eigenvalue weighted by Gasteiger charge is 2.41. The summed E-state index contributed by atoms with van der Waals surface area (Å²) in [5.41, 5.74) is 4.55. The molecule has 1 fully saturated rings. The standard InChI is InChI=1S/C21H28N2O/c1-2-15-22-23-16-13-20(14-17-23)21(24,18-9-5-3-6-10-18)19-11-7-4-8-12-19/h3-12,20,22,24H,2,13-17H2,1H3. The molecule has 1 aliphatic rings. The molecule has 0 bridgehead atoms. The molecule has 0 unspecified atom stereocenters. The fraction of sp³-hybridized carbons (Fsp3) is 0.429. The van der Waals surface area contributed by atoms with Gasteiger partial charge in [0.15, 0.2) is 0 Å². The Morgan fingerprint density at radius 3 is 1.92 bits per heavy atom. The van der Waals surface area contributed by atoms with Crippen molar-refractivity contribution in [3.05, 3.63) is 71.8 Å². The third kappa shape index (κ3) is 3.54. The van der Waals surface area contributed by atoms with E-state index in [1.54, 1.807) is 0 Å². The quantitative estimate of drug-likeness (QED) is 0.853. The Hall–Kier alpha value is -1.68. The minimum absolute atomic E-state index is 0.224. The van der Waals surface area contributed by atoms with E-state index in [4.69, 9.17) is 0 Å². The minimum atomic E-state index is -0.917. The first-order valence-corrected chi connectivity index (χ1v) is 9.07. The van der Waals surface area contributed by atoms with Crippen molar-refractivity contribution in [2.45, 2.75) is 31.8 Å². The molecule has 0 atom stereocenters. The van der Waals surface area contributed by atoms with Crippen molar-refractivity contribution in [1.82, 2.24) is 10.4 Å². The van der Waals surface area contributed by atoms with Gasteiger partial charge in [-0.15, -0.1) is 0 Å². The molecule has 0 spiro atoms. The van der Waals surface area contributed by atoms with Crippen molar-refractivity contribution in [2.24, 2.45) is 5.92 Å². The Morgan fingerprint density at radius 2 is 1.46 bits per heavy atom. The van der Waals surface area contributed by atoms with Crippen molar-refractivity contribution in [3.8, 4) is 0 Å². The summed E-state index contributed by atoms with van der Waals surface area (Å²) in [4.78, 5) is 0. The van der Waals surface area contributed by atoms with Crippen LogP contribution in [-0.4, -0.2) is 29.7 Å². The predicted molar refractivity (Wildman–Crippen MR) is 98.5 cm³/mol. The van der Waals surface area contributed by atoms with Gasteiger partial charge in [0, 0.05) is 19.6 Å². The number of hydrogen-bond donors (Lipinski definition) is 2. The van der Waals surface area contributed by atoms with Crippen LogP contribution in [0, 0.1) is 5.92 Å². The number of nitrogens with zero attached hydrogens (tertiary/aromatic N) is 1. The van der Waals surface area contributed by atoms with Gasteiger partial charge in [-0.25, -0.2) is 5.01 Å². The van der Waals surface area contributed by atoms with E-state index in [0.29, 0.717) is 0 Å². The molecule has 3 heteroatoms. The Kier molecular flexibility index (Phi) is 5.67. The zero-order valence-electron chi connectivity index (χ0n) is 14.5. The predicted octanol–water partition coefficient (Wildman–Crippen LogP) is 3.55. The van der Waals surface area contributed by atoms with Crippen LogP contribution in [0.2, 0.25) is 0 Å². The number of rotatable bonds is 6. The molecule has 0 radical (unpaired) electrons. The van der Waals surface area contributed by atoms with Gasteiger partial charge in [0.25, 0.3) is 0 Å². The highest BCUT2D eigenvalue weighted by atomic mass is 16.3. The lowest BCUT2D eigenvalue weighted by molar-refractivity contribution is -0.0221. The first kappa shape index (κ1) is 17.2. The molecule has 128 valence electrons. The summed E-state index contributed by atoms with van der Waals surface area (Å²) in [5, 5.41) is 14.1. The van der Waals surface area contributed by atoms with E-state index < -0.39 is 5.60 Å². The fourth-order valence-electron chi connectivity index (χ4n) is 3.75. The molecular weight excluding hydrogens is 296 g/mol. The maximum absolute atomic E-state index is 11.8. The van der Waals surface area contributed by atoms with Gasteiger partial charge in [0.05, 0.1) is 0 Å². The molecule has 3 rings (SSSR count). The summed E-state index contributed by atoms with van der Waals surface area (Å²) >= 11 is 0. The van der Waals surface area contributed by atoms with Crippen LogP contribution in [-0.2, 0) is 5.60 Å². The SMILES string of the molecule is CCCNN1CCC(C(O)(c2ccccc2)c2ccccc2)CC1. The van der Waals surface area contributed by atoms with Gasteiger partial charge in [0.1, 0.15) is 5.60 Å². The first-order chi connectivity index (χ1) is 11.7. The number of hydrogen-bond acceptors (Lipinski definition) is 3. The third-order valence-electron chi connectivity index (χ3n) is 5.10. The van der Waals surface area contributed by atoms with Gasteiger partial charge in [-0.3, -0.25) is 5.43 Å². The normalized spacial score (nSPS) is 17.1. The Bertz CT molecular complexity index is 567. The average molecular weight is 324 g/mol. The van der Waals surface area contributed by atoms with Gasteiger partial charge in [0.2, 0.25) is 0 Å². The van der Waals surface area contributed by atoms with E-state index in [9.17, 15) is 5.11 Å². The van der Waals surface area contributed by atoms with Gasteiger partial charge >= 0.3 is 0 Å². The lowest BCUT2D eigenvalue weighted by Crippen LogP contribution is -2.48. The van der Waals surface area contributed by atoms with Crippen LogP contribution in [0.1, 0.15) is 37.3 Å². The van der Waals surface area contributed by atoms with Crippen molar-refractivity contribution in [1.29, 1.82) is 0 Å². The second-order valence-corrected chi connectivity index (χ2v) is 6.67. The summed E-state index contributed by atoms with van der Waals surface area (Å²) < 4.78 is 0. The lowest BCUT2D eigenvalue weighted by atomic mass is 9.72. The second kappa shape index (κ2) is 7.93. The summed E-state index contributed by atoms with van der Waals surface area (Å²) in [5.74, 6) is 0.224. The molecule has 2 aromatic rings. The summed E-state index contributed by atoms with van der Waals surface area (Å²) in [6.45, 7) is 5.16. The molecule has 0 aliphatic carbocycles. The van der Waals surface area contributed by atoms with Gasteiger partial charge in [-0.2, -0.15) is 0 Å². The molecule has 0 amide bonds. The van der Waals surface area contributed by atoms with Crippen LogP contribution < -0.4 is 5.43 Å². The number of piperidine rings is 1. The van der Waals surface area contributed by atoms with Crippen molar-refractivity contribution in [3.63, 3.8) is 0 Å². The summed E-state index contributed by atoms with van der Waals surface area (Å²) in [6.07, 6.45) is 3.10. The molecule has 1 saturated heterocycles. The number of aliphatic hydroxyl groups is 1. The van der Waals surface area contributed by atoms with E-state index in [1.807, 2.05) is 36.4 Å². The van der Waals surface area contributed by atoms with Crippen LogP contribution in [0.15, 0.2) is 60.7 Å². The van der Waals surface area contributed by atoms with E-state index in [2.05, 4.69) is 41.6 Å². The van der Waals surface area contributed by atoms with Gasteiger partial charge < -0.3 is 5.11 Å². The maximum Gasteiger partial charge on any atom is 0.117 e. The lowest BCUT2D eigenvalue weighted by Gasteiger charge is -2.42. The topological polar surface area (TPSA) is 35.5 Å². The molecule has 1 heterocycles. The van der Waals surface area contributed by atoms with E-state index in [0.717, 1.165) is 50.0 Å². The monoisotopic (exact) mass is 324 g/mol. The van der Waals surface area contributed by atoms with Crippen LogP contribution in [0.4, 0.5) is 0 Å². The van der Waals surface area contributed by atoms with Crippen LogP contribution in [0.25, 0.3) is 0 Å². The average Bonchev–Trinajstić information content (AvgIpc) is 2.67. The molecule has 2 N–H and O–H groups in total. The molecule has 3 nitrogen and oxygen atoms in total. The number of hydrazine groups is 1. The van der Waals surface area contributed by atoms with Crippen LogP contribution in [0.3, 0.4) is 0 Å². The molecule has 1 aliphatic heterocycles. The smallest absolute Gasteiger partial charge is 0.117 e. The van der Waals surface area contributed by atoms with E-state index in [-0.39, 0.29) is 5.92 Å². The zero-order valence-corrected chi connectivity index (χ0v) is 14.5. The highest BCUT2D eigenvalue weighted by molar-refractivity contribution is 5.37. The number of nitrogens with one attached hydrogen (secondary N) is 1. The van der Waals surface area contributed by atoms with Crippen LogP contribution >= 0.6 is 0 Å². The summed E-state index contributed by atoms with van der Waals surface area (Å²) in [7, 11) is 0. The second-order valence-electron chi connectivity index (χ2n) is 6.67.